The van der Waals surface area contributed by atoms with Crippen molar-refractivity contribution in [2.75, 3.05) is 24.7 Å². The molecule has 1 aliphatic rings. The largest absolute Gasteiger partial charge is 0.433 e. The third-order valence-electron chi connectivity index (χ3n) is 3.46. The molecule has 0 fully saturated rings. The van der Waals surface area contributed by atoms with Crippen LogP contribution in [0.25, 0.3) is 5.70 Å². The summed E-state index contributed by atoms with van der Waals surface area (Å²) in [6.07, 6.45) is -2.25. The number of hydrogen-bond donors (Lipinski definition) is 4. The molecule has 0 saturated heterocycles. The van der Waals surface area contributed by atoms with Gasteiger partial charge in [0.05, 0.1) is 22.8 Å². The van der Waals surface area contributed by atoms with E-state index in [0.29, 0.717) is 23.3 Å². The van der Waals surface area contributed by atoms with Crippen LogP contribution < -0.4 is 16.0 Å². The summed E-state index contributed by atoms with van der Waals surface area (Å²) in [5.41, 5.74) is 0.540. The Morgan fingerprint density at radius 2 is 1.92 bits per heavy atom. The smallest absolute Gasteiger partial charge is 0.386 e. The van der Waals surface area contributed by atoms with Crippen molar-refractivity contribution in [1.82, 2.24) is 5.32 Å². The number of anilines is 2. The minimum Gasteiger partial charge on any atom is -0.386 e. The van der Waals surface area contributed by atoms with Gasteiger partial charge in [-0.2, -0.15) is 13.2 Å². The number of carbonyl (C=O) groups excluding carboxylic acids is 1. The van der Waals surface area contributed by atoms with Crippen molar-refractivity contribution in [3.63, 3.8) is 0 Å². The lowest BCUT2D eigenvalue weighted by Gasteiger charge is -2.18. The van der Waals surface area contributed by atoms with E-state index < -0.39 is 11.9 Å². The zero-order valence-corrected chi connectivity index (χ0v) is 13.5. The van der Waals surface area contributed by atoms with Crippen LogP contribution in [0.4, 0.5) is 24.5 Å². The lowest BCUT2D eigenvalue weighted by Crippen LogP contribution is -2.25. The summed E-state index contributed by atoms with van der Waals surface area (Å²) in [4.78, 5) is 14.2. The molecule has 0 aliphatic carbocycles. The molecule has 0 bridgehead atoms. The van der Waals surface area contributed by atoms with E-state index in [1.807, 2.05) is 0 Å². The Morgan fingerprint density at radius 1 is 1.20 bits per heavy atom. The number of benzene rings is 1. The van der Waals surface area contributed by atoms with Crippen molar-refractivity contribution in [3.8, 4) is 0 Å². The zero-order chi connectivity index (χ0) is 18.6. The van der Waals surface area contributed by atoms with Crippen molar-refractivity contribution in [2.24, 2.45) is 4.99 Å². The van der Waals surface area contributed by atoms with Crippen LogP contribution in [0.3, 0.4) is 0 Å². The Kier molecular flexibility index (Phi) is 5.26. The molecule has 0 atom stereocenters. The Balaban J connectivity index is 2.59. The highest BCUT2D eigenvalue weighted by Crippen LogP contribution is 2.29. The molecule has 1 aliphatic heterocycles. The van der Waals surface area contributed by atoms with Crippen LogP contribution in [0.2, 0.25) is 0 Å². The van der Waals surface area contributed by atoms with Crippen molar-refractivity contribution in [3.05, 3.63) is 41.6 Å². The van der Waals surface area contributed by atoms with Gasteiger partial charge in [-0.25, -0.2) is 4.99 Å². The molecule has 6 nitrogen and oxygen atoms in total. The number of rotatable bonds is 5. The molecule has 0 unspecified atom stereocenters. The summed E-state index contributed by atoms with van der Waals surface area (Å²) in [5, 5.41) is 16.1. The van der Waals surface area contributed by atoms with E-state index in [1.165, 1.54) is 7.05 Å². The molecule has 4 N–H and O–H groups in total. The average molecular weight is 351 g/mol. The summed E-state index contributed by atoms with van der Waals surface area (Å²) >= 11 is 0. The maximum absolute atomic E-state index is 12.9. The van der Waals surface area contributed by atoms with Gasteiger partial charge >= 0.3 is 6.18 Å². The number of amides is 1. The predicted octanol–water partition coefficient (Wildman–Crippen LogP) is 2.78. The number of carbonyl (C=O) groups is 1. The minimum atomic E-state index is -4.60. The Bertz CT molecular complexity index is 793. The van der Waals surface area contributed by atoms with Gasteiger partial charge in [0.1, 0.15) is 11.4 Å². The van der Waals surface area contributed by atoms with E-state index >= 15 is 0 Å². The fraction of sp³-hybridized carbons (Fsp3) is 0.188. The molecule has 1 heterocycles. The molecule has 0 radical (unpaired) electrons. The van der Waals surface area contributed by atoms with E-state index in [0.717, 1.165) is 12.2 Å². The first kappa shape index (κ1) is 18.2. The summed E-state index contributed by atoms with van der Waals surface area (Å²) in [5.74, 6) is 0. The number of dihydropyridines is 1. The van der Waals surface area contributed by atoms with Gasteiger partial charge in [-0.3, -0.25) is 10.2 Å². The van der Waals surface area contributed by atoms with Crippen molar-refractivity contribution >= 4 is 34.9 Å². The third kappa shape index (κ3) is 3.87. The van der Waals surface area contributed by atoms with Crippen LogP contribution in [0.5, 0.6) is 0 Å². The molecule has 1 aromatic rings. The van der Waals surface area contributed by atoms with Crippen molar-refractivity contribution in [2.45, 2.75) is 6.18 Å². The fourth-order valence-corrected chi connectivity index (χ4v) is 2.30. The molecule has 25 heavy (non-hydrogen) atoms. The third-order valence-corrected chi connectivity index (χ3v) is 3.46. The maximum Gasteiger partial charge on any atom is 0.433 e. The number of halogens is 3. The van der Waals surface area contributed by atoms with Gasteiger partial charge in [-0.05, 0) is 24.3 Å². The highest BCUT2D eigenvalue weighted by Gasteiger charge is 2.36. The first-order chi connectivity index (χ1) is 11.8. The van der Waals surface area contributed by atoms with Crippen LogP contribution in [0.15, 0.2) is 41.0 Å². The molecule has 2 rings (SSSR count). The molecular formula is C16H16F3N5O. The van der Waals surface area contributed by atoms with E-state index in [9.17, 15) is 18.0 Å². The van der Waals surface area contributed by atoms with E-state index in [4.69, 9.17) is 5.41 Å². The van der Waals surface area contributed by atoms with Gasteiger partial charge in [-0.15, -0.1) is 0 Å². The first-order valence-corrected chi connectivity index (χ1v) is 7.19. The highest BCUT2D eigenvalue weighted by atomic mass is 19.4. The maximum atomic E-state index is 12.9. The normalized spacial score (nSPS) is 16.2. The second-order valence-corrected chi connectivity index (χ2v) is 4.99. The molecule has 132 valence electrons. The number of aliphatic imine (C=N–C) groups is 1. The number of hydrogen-bond acceptors (Lipinski definition) is 5. The molecule has 1 amide bonds. The van der Waals surface area contributed by atoms with Crippen LogP contribution in [0, 0.1) is 5.41 Å². The van der Waals surface area contributed by atoms with Crippen LogP contribution in [-0.2, 0) is 4.79 Å². The fourth-order valence-electron chi connectivity index (χ4n) is 2.30. The highest BCUT2D eigenvalue weighted by molar-refractivity contribution is 6.19. The quantitative estimate of drug-likeness (QED) is 0.615. The summed E-state index contributed by atoms with van der Waals surface area (Å²) in [7, 11) is 3.18. The summed E-state index contributed by atoms with van der Waals surface area (Å²) < 4.78 is 38.8. The SMILES string of the molecule is CN/C(=C1/N=C(C(F)(F)F)C=CC1=N)c1ccc(NC=O)c(NC)c1. The second-order valence-electron chi connectivity index (χ2n) is 4.99. The molecule has 1 aromatic carbocycles. The van der Waals surface area contributed by atoms with Gasteiger partial charge in [0, 0.05) is 19.7 Å². The monoisotopic (exact) mass is 351 g/mol. The number of nitrogens with one attached hydrogen (secondary N) is 4. The van der Waals surface area contributed by atoms with Crippen molar-refractivity contribution in [1.29, 1.82) is 5.41 Å². The molecule has 0 saturated carbocycles. The van der Waals surface area contributed by atoms with Crippen LogP contribution >= 0.6 is 0 Å². The van der Waals surface area contributed by atoms with E-state index in [2.05, 4.69) is 20.9 Å². The van der Waals surface area contributed by atoms with Gasteiger partial charge in [-0.1, -0.05) is 6.07 Å². The average Bonchev–Trinajstić information content (AvgIpc) is 2.57. The Hall–Kier alpha value is -3.10. The molecule has 0 aromatic heterocycles. The van der Waals surface area contributed by atoms with Crippen molar-refractivity contribution < 1.29 is 18.0 Å². The van der Waals surface area contributed by atoms with Gasteiger partial charge < -0.3 is 16.0 Å². The molecule has 0 spiro atoms. The minimum absolute atomic E-state index is 0.115. The van der Waals surface area contributed by atoms with Crippen LogP contribution in [-0.4, -0.2) is 38.1 Å². The molecular weight excluding hydrogens is 335 g/mol. The van der Waals surface area contributed by atoms with Gasteiger partial charge in [0.2, 0.25) is 6.41 Å². The topological polar surface area (TPSA) is 89.4 Å². The predicted molar refractivity (Wildman–Crippen MR) is 92.0 cm³/mol. The lowest BCUT2D eigenvalue weighted by atomic mass is 10.0. The summed E-state index contributed by atoms with van der Waals surface area (Å²) in [6.45, 7) is 0. The van der Waals surface area contributed by atoms with E-state index in [1.54, 1.807) is 25.2 Å². The number of allylic oxidation sites excluding steroid dienone is 2. The second kappa shape index (κ2) is 7.20. The van der Waals surface area contributed by atoms with Gasteiger partial charge in [0.15, 0.2) is 0 Å². The zero-order valence-electron chi connectivity index (χ0n) is 13.5. The lowest BCUT2D eigenvalue weighted by molar-refractivity contribution is -0.105. The standard InChI is InChI=1S/C16H16F3N5O/c1-21-12-7-9(3-5-11(12)23-8-25)14(22-2)15-10(20)4-6-13(24-15)16(17,18)19/h3-8,20-22H,1-2H3,(H,23,25)/b15-14+,20-10?. The van der Waals surface area contributed by atoms with Gasteiger partial charge in [0.25, 0.3) is 0 Å². The first-order valence-electron chi connectivity index (χ1n) is 7.19. The summed E-state index contributed by atoms with van der Waals surface area (Å²) in [6, 6.07) is 4.85. The molecule has 9 heteroatoms. The Morgan fingerprint density at radius 3 is 2.48 bits per heavy atom. The number of alkyl halides is 3. The Labute approximate surface area is 142 Å². The number of nitrogens with zero attached hydrogens (tertiary/aromatic N) is 1. The van der Waals surface area contributed by atoms with E-state index in [-0.39, 0.29) is 17.1 Å². The van der Waals surface area contributed by atoms with Crippen LogP contribution in [0.1, 0.15) is 5.56 Å².